The topological polar surface area (TPSA) is 25.2 Å². The van der Waals surface area contributed by atoms with Crippen LogP contribution >= 0.6 is 0 Å². The summed E-state index contributed by atoms with van der Waals surface area (Å²) in [5.41, 5.74) is 4.83. The molecule has 0 radical (unpaired) electrons. The SMILES string of the molecule is CC(C)c1ccc(Cn2ccc3c(CO)cccc32)cc1. The highest BCUT2D eigenvalue weighted by atomic mass is 16.3. The quantitative estimate of drug-likeness (QED) is 0.756. The number of aromatic nitrogens is 1. The molecular weight excluding hydrogens is 258 g/mol. The molecule has 0 aliphatic carbocycles. The van der Waals surface area contributed by atoms with Gasteiger partial charge in [0.25, 0.3) is 0 Å². The third-order valence-electron chi connectivity index (χ3n) is 4.07. The molecule has 1 aromatic heterocycles. The zero-order valence-electron chi connectivity index (χ0n) is 12.6. The van der Waals surface area contributed by atoms with Gasteiger partial charge in [0, 0.05) is 23.6 Å². The Morgan fingerprint density at radius 3 is 2.43 bits per heavy atom. The van der Waals surface area contributed by atoms with Crippen molar-refractivity contribution in [2.75, 3.05) is 0 Å². The van der Waals surface area contributed by atoms with Crippen LogP contribution in [0.2, 0.25) is 0 Å². The van der Waals surface area contributed by atoms with Crippen LogP contribution in [0.4, 0.5) is 0 Å². The summed E-state index contributed by atoms with van der Waals surface area (Å²) in [5, 5.41) is 10.5. The van der Waals surface area contributed by atoms with E-state index in [1.54, 1.807) is 0 Å². The lowest BCUT2D eigenvalue weighted by Crippen LogP contribution is -1.98. The zero-order valence-corrected chi connectivity index (χ0v) is 12.6. The second-order valence-electron chi connectivity index (χ2n) is 5.85. The molecule has 0 saturated heterocycles. The molecule has 0 aliphatic rings. The van der Waals surface area contributed by atoms with E-state index in [1.807, 2.05) is 12.1 Å². The van der Waals surface area contributed by atoms with E-state index >= 15 is 0 Å². The van der Waals surface area contributed by atoms with Crippen LogP contribution < -0.4 is 0 Å². The zero-order chi connectivity index (χ0) is 14.8. The van der Waals surface area contributed by atoms with Crippen LogP contribution in [0.25, 0.3) is 10.9 Å². The van der Waals surface area contributed by atoms with E-state index in [-0.39, 0.29) is 6.61 Å². The maximum Gasteiger partial charge on any atom is 0.0688 e. The predicted octanol–water partition coefficient (Wildman–Crippen LogP) is 4.31. The van der Waals surface area contributed by atoms with Gasteiger partial charge in [0.15, 0.2) is 0 Å². The smallest absolute Gasteiger partial charge is 0.0688 e. The van der Waals surface area contributed by atoms with Crippen LogP contribution in [0.3, 0.4) is 0 Å². The van der Waals surface area contributed by atoms with Crippen molar-refractivity contribution in [2.24, 2.45) is 0 Å². The largest absolute Gasteiger partial charge is 0.392 e. The van der Waals surface area contributed by atoms with Crippen molar-refractivity contribution < 1.29 is 5.11 Å². The number of aliphatic hydroxyl groups excluding tert-OH is 1. The molecular formula is C19H21NO. The summed E-state index contributed by atoms with van der Waals surface area (Å²) in [6.07, 6.45) is 2.10. The molecule has 2 aromatic carbocycles. The molecule has 3 aromatic rings. The Hall–Kier alpha value is -2.06. The summed E-state index contributed by atoms with van der Waals surface area (Å²) in [4.78, 5) is 0. The molecule has 2 heteroatoms. The minimum Gasteiger partial charge on any atom is -0.392 e. The molecule has 0 fully saturated rings. The number of fused-ring (bicyclic) bond motifs is 1. The molecule has 0 unspecified atom stereocenters. The van der Waals surface area contributed by atoms with Gasteiger partial charge in [-0.05, 0) is 34.7 Å². The summed E-state index contributed by atoms with van der Waals surface area (Å²) >= 11 is 0. The average Bonchev–Trinajstić information content (AvgIpc) is 2.91. The van der Waals surface area contributed by atoms with Crippen LogP contribution in [-0.2, 0) is 13.2 Å². The third-order valence-corrected chi connectivity index (χ3v) is 4.07. The molecule has 108 valence electrons. The fourth-order valence-corrected chi connectivity index (χ4v) is 2.77. The number of aliphatic hydroxyl groups is 1. The van der Waals surface area contributed by atoms with Crippen molar-refractivity contribution in [1.29, 1.82) is 0 Å². The number of hydrogen-bond acceptors (Lipinski definition) is 1. The monoisotopic (exact) mass is 279 g/mol. The summed E-state index contributed by atoms with van der Waals surface area (Å²) in [7, 11) is 0. The van der Waals surface area contributed by atoms with Gasteiger partial charge in [0.2, 0.25) is 0 Å². The van der Waals surface area contributed by atoms with Crippen molar-refractivity contribution in [2.45, 2.75) is 32.9 Å². The van der Waals surface area contributed by atoms with Crippen molar-refractivity contribution in [1.82, 2.24) is 4.57 Å². The first-order valence-electron chi connectivity index (χ1n) is 7.45. The number of rotatable bonds is 4. The van der Waals surface area contributed by atoms with E-state index in [0.717, 1.165) is 17.5 Å². The van der Waals surface area contributed by atoms with E-state index < -0.39 is 0 Å². The lowest BCUT2D eigenvalue weighted by molar-refractivity contribution is 0.283. The Balaban J connectivity index is 1.91. The van der Waals surface area contributed by atoms with Crippen LogP contribution in [0.15, 0.2) is 54.7 Å². The van der Waals surface area contributed by atoms with Crippen LogP contribution in [0.5, 0.6) is 0 Å². The molecule has 1 N–H and O–H groups in total. The van der Waals surface area contributed by atoms with Crippen molar-refractivity contribution in [3.8, 4) is 0 Å². The Morgan fingerprint density at radius 1 is 1.00 bits per heavy atom. The van der Waals surface area contributed by atoms with Gasteiger partial charge < -0.3 is 9.67 Å². The number of benzene rings is 2. The van der Waals surface area contributed by atoms with Crippen molar-refractivity contribution >= 4 is 10.9 Å². The van der Waals surface area contributed by atoms with Gasteiger partial charge in [-0.1, -0.05) is 50.2 Å². The lowest BCUT2D eigenvalue weighted by atomic mass is 10.0. The van der Waals surface area contributed by atoms with E-state index in [0.29, 0.717) is 5.92 Å². The molecule has 2 nitrogen and oxygen atoms in total. The first-order chi connectivity index (χ1) is 10.2. The molecule has 0 atom stereocenters. The Morgan fingerprint density at radius 2 is 1.76 bits per heavy atom. The molecule has 0 aliphatic heterocycles. The predicted molar refractivity (Wildman–Crippen MR) is 87.5 cm³/mol. The van der Waals surface area contributed by atoms with E-state index in [1.165, 1.54) is 16.6 Å². The molecule has 0 bridgehead atoms. The van der Waals surface area contributed by atoms with E-state index in [4.69, 9.17) is 0 Å². The van der Waals surface area contributed by atoms with Gasteiger partial charge in [-0.3, -0.25) is 0 Å². The minimum atomic E-state index is 0.0877. The van der Waals surface area contributed by atoms with Gasteiger partial charge in [0.05, 0.1) is 6.61 Å². The lowest BCUT2D eigenvalue weighted by Gasteiger charge is -2.09. The highest BCUT2D eigenvalue weighted by molar-refractivity contribution is 5.83. The van der Waals surface area contributed by atoms with Crippen molar-refractivity contribution in [3.63, 3.8) is 0 Å². The van der Waals surface area contributed by atoms with Crippen LogP contribution in [0.1, 0.15) is 36.5 Å². The standard InChI is InChI=1S/C19H21NO/c1-14(2)16-8-6-15(7-9-16)12-20-11-10-18-17(13-21)4-3-5-19(18)20/h3-11,14,21H,12-13H2,1-2H3. The fourth-order valence-electron chi connectivity index (χ4n) is 2.77. The van der Waals surface area contributed by atoms with Crippen LogP contribution in [-0.4, -0.2) is 9.67 Å². The second-order valence-corrected chi connectivity index (χ2v) is 5.85. The maximum absolute atomic E-state index is 9.41. The number of hydrogen-bond donors (Lipinski definition) is 1. The maximum atomic E-state index is 9.41. The highest BCUT2D eigenvalue weighted by Gasteiger charge is 2.06. The summed E-state index contributed by atoms with van der Waals surface area (Å²) < 4.78 is 2.23. The summed E-state index contributed by atoms with van der Waals surface area (Å²) in [5.74, 6) is 0.568. The Kier molecular flexibility index (Phi) is 3.80. The van der Waals surface area contributed by atoms with E-state index in [2.05, 4.69) is 61.0 Å². The van der Waals surface area contributed by atoms with Crippen molar-refractivity contribution in [3.05, 3.63) is 71.4 Å². The third kappa shape index (κ3) is 2.72. The minimum absolute atomic E-state index is 0.0877. The van der Waals surface area contributed by atoms with Crippen LogP contribution in [0, 0.1) is 0 Å². The molecule has 0 spiro atoms. The molecule has 21 heavy (non-hydrogen) atoms. The van der Waals surface area contributed by atoms with E-state index in [9.17, 15) is 5.11 Å². The average molecular weight is 279 g/mol. The second kappa shape index (κ2) is 5.74. The molecule has 1 heterocycles. The summed E-state index contributed by atoms with van der Waals surface area (Å²) in [6, 6.07) is 17.0. The first-order valence-corrected chi connectivity index (χ1v) is 7.45. The van der Waals surface area contributed by atoms with Gasteiger partial charge >= 0.3 is 0 Å². The summed E-state index contributed by atoms with van der Waals surface area (Å²) in [6.45, 7) is 5.37. The Bertz CT molecular complexity index is 738. The molecule has 0 saturated carbocycles. The Labute approximate surface area is 125 Å². The normalized spacial score (nSPS) is 11.4. The number of nitrogens with zero attached hydrogens (tertiary/aromatic N) is 1. The first kappa shape index (κ1) is 13.9. The molecule has 3 rings (SSSR count). The fraction of sp³-hybridized carbons (Fsp3) is 0.263. The van der Waals surface area contributed by atoms with Gasteiger partial charge in [-0.25, -0.2) is 0 Å². The highest BCUT2D eigenvalue weighted by Crippen LogP contribution is 2.22. The molecule has 0 amide bonds. The van der Waals surface area contributed by atoms with Gasteiger partial charge in [-0.15, -0.1) is 0 Å². The van der Waals surface area contributed by atoms with Gasteiger partial charge in [0.1, 0.15) is 0 Å². The van der Waals surface area contributed by atoms with Gasteiger partial charge in [-0.2, -0.15) is 0 Å².